The Kier molecular flexibility index (Phi) is 8.39. The molecule has 0 aliphatic heterocycles. The molecular formula is C31H35N3O4. The molecule has 0 fully saturated rings. The van der Waals surface area contributed by atoms with Gasteiger partial charge in [0.05, 0.1) is 13.2 Å². The highest BCUT2D eigenvalue weighted by molar-refractivity contribution is 5.74. The number of methoxy groups -OCH3 is 1. The Balaban J connectivity index is 1.47. The zero-order valence-electron chi connectivity index (χ0n) is 22.9. The van der Waals surface area contributed by atoms with Gasteiger partial charge in [-0.1, -0.05) is 59.8 Å². The lowest BCUT2D eigenvalue weighted by atomic mass is 9.94. The van der Waals surface area contributed by atoms with Gasteiger partial charge < -0.3 is 14.0 Å². The van der Waals surface area contributed by atoms with Crippen molar-refractivity contribution in [2.24, 2.45) is 0 Å². The lowest BCUT2D eigenvalue weighted by Gasteiger charge is -2.22. The molecule has 0 saturated heterocycles. The van der Waals surface area contributed by atoms with Crippen LogP contribution in [0.2, 0.25) is 0 Å². The molecule has 198 valence electrons. The number of benzene rings is 3. The van der Waals surface area contributed by atoms with E-state index in [0.29, 0.717) is 24.9 Å². The molecule has 0 bridgehead atoms. The van der Waals surface area contributed by atoms with Gasteiger partial charge in [0, 0.05) is 24.8 Å². The third-order valence-corrected chi connectivity index (χ3v) is 6.00. The number of esters is 1. The number of likely N-dealkylation sites (N-methyl/N-ethyl adjacent to an activating group) is 1. The van der Waals surface area contributed by atoms with E-state index < -0.39 is 5.60 Å². The fourth-order valence-electron chi connectivity index (χ4n) is 4.32. The topological polar surface area (TPSA) is 77.7 Å². The van der Waals surface area contributed by atoms with Crippen molar-refractivity contribution in [1.82, 2.24) is 15.0 Å². The summed E-state index contributed by atoms with van der Waals surface area (Å²) in [4.78, 5) is 18.7. The maximum atomic E-state index is 12.1. The quantitative estimate of drug-likeness (QED) is 0.243. The number of rotatable bonds is 9. The van der Waals surface area contributed by atoms with Crippen LogP contribution in [-0.4, -0.2) is 47.3 Å². The van der Waals surface area contributed by atoms with E-state index in [1.807, 2.05) is 81.2 Å². The highest BCUT2D eigenvalue weighted by atomic mass is 16.6. The average Bonchev–Trinajstić information content (AvgIpc) is 3.34. The fraction of sp³-hybridized carbons (Fsp3) is 0.323. The van der Waals surface area contributed by atoms with E-state index in [9.17, 15) is 4.79 Å². The van der Waals surface area contributed by atoms with Gasteiger partial charge in [0.25, 0.3) is 5.89 Å². The Morgan fingerprint density at radius 3 is 2.37 bits per heavy atom. The molecule has 0 amide bonds. The first-order valence-corrected chi connectivity index (χ1v) is 12.6. The smallest absolute Gasteiger partial charge is 0.320 e. The number of carbonyl (C=O) groups is 1. The predicted octanol–water partition coefficient (Wildman–Crippen LogP) is 6.30. The molecule has 1 aromatic heterocycles. The van der Waals surface area contributed by atoms with E-state index in [-0.39, 0.29) is 12.5 Å². The molecule has 0 aliphatic carbocycles. The van der Waals surface area contributed by atoms with Gasteiger partial charge in [0.2, 0.25) is 5.82 Å². The van der Waals surface area contributed by atoms with Crippen LogP contribution in [0.4, 0.5) is 0 Å². The number of hydrogen-bond acceptors (Lipinski definition) is 7. The first-order chi connectivity index (χ1) is 18.1. The van der Waals surface area contributed by atoms with E-state index in [0.717, 1.165) is 27.8 Å². The van der Waals surface area contributed by atoms with E-state index >= 15 is 0 Å². The van der Waals surface area contributed by atoms with Crippen LogP contribution in [0.15, 0.2) is 71.3 Å². The second-order valence-electron chi connectivity index (χ2n) is 10.5. The van der Waals surface area contributed by atoms with Crippen LogP contribution in [0.25, 0.3) is 34.0 Å². The summed E-state index contributed by atoms with van der Waals surface area (Å²) in [5.74, 6) is 0.733. The minimum atomic E-state index is -0.489. The highest BCUT2D eigenvalue weighted by Gasteiger charge is 2.18. The van der Waals surface area contributed by atoms with E-state index in [1.54, 1.807) is 7.11 Å². The normalized spacial score (nSPS) is 11.7. The van der Waals surface area contributed by atoms with Gasteiger partial charge in [-0.15, -0.1) is 0 Å². The average molecular weight is 514 g/mol. The fourth-order valence-corrected chi connectivity index (χ4v) is 4.32. The van der Waals surface area contributed by atoms with Crippen molar-refractivity contribution in [2.75, 3.05) is 20.7 Å². The first kappa shape index (κ1) is 27.2. The number of aryl methyl sites for hydroxylation is 1. The number of aromatic nitrogens is 2. The van der Waals surface area contributed by atoms with Gasteiger partial charge >= 0.3 is 5.97 Å². The summed E-state index contributed by atoms with van der Waals surface area (Å²) in [6.45, 7) is 9.02. The maximum Gasteiger partial charge on any atom is 0.320 e. The molecule has 0 atom stereocenters. The molecular weight excluding hydrogens is 478 g/mol. The predicted molar refractivity (Wildman–Crippen MR) is 148 cm³/mol. The van der Waals surface area contributed by atoms with Crippen LogP contribution in [0.3, 0.4) is 0 Å². The van der Waals surface area contributed by atoms with Gasteiger partial charge in [-0.05, 0) is 74.7 Å². The molecule has 4 rings (SSSR count). The molecule has 0 radical (unpaired) electrons. The summed E-state index contributed by atoms with van der Waals surface area (Å²) >= 11 is 0. The zero-order valence-corrected chi connectivity index (χ0v) is 22.9. The monoisotopic (exact) mass is 513 g/mol. The van der Waals surface area contributed by atoms with E-state index in [2.05, 4.69) is 35.3 Å². The molecule has 38 heavy (non-hydrogen) atoms. The Hall–Kier alpha value is -3.81. The Morgan fingerprint density at radius 1 is 0.974 bits per heavy atom. The third-order valence-electron chi connectivity index (χ3n) is 6.00. The molecule has 7 heteroatoms. The number of hydrogen-bond donors (Lipinski definition) is 0. The van der Waals surface area contributed by atoms with Gasteiger partial charge in [0.1, 0.15) is 5.60 Å². The van der Waals surface area contributed by atoms with Crippen LogP contribution in [-0.2, 0) is 27.4 Å². The molecule has 0 N–H and O–H groups in total. The summed E-state index contributed by atoms with van der Waals surface area (Å²) in [5, 5.41) is 4.21. The molecule has 7 nitrogen and oxygen atoms in total. The lowest BCUT2D eigenvalue weighted by molar-refractivity contribution is -0.155. The first-order valence-electron chi connectivity index (χ1n) is 12.6. The van der Waals surface area contributed by atoms with Gasteiger partial charge in [-0.25, -0.2) is 0 Å². The number of nitrogens with zero attached hydrogens (tertiary/aromatic N) is 3. The molecule has 3 aromatic carbocycles. The van der Waals surface area contributed by atoms with Crippen LogP contribution in [0, 0.1) is 6.92 Å². The van der Waals surface area contributed by atoms with Gasteiger partial charge in [-0.3, -0.25) is 9.69 Å². The van der Waals surface area contributed by atoms with Crippen molar-refractivity contribution in [3.8, 4) is 34.0 Å². The van der Waals surface area contributed by atoms with Gasteiger partial charge in [0.15, 0.2) is 0 Å². The minimum absolute atomic E-state index is 0.223. The Labute approximate surface area is 224 Å². The Bertz CT molecular complexity index is 1390. The molecule has 0 spiro atoms. The molecule has 1 heterocycles. The summed E-state index contributed by atoms with van der Waals surface area (Å²) in [5.41, 5.74) is 6.84. The zero-order chi connectivity index (χ0) is 27.3. The summed E-state index contributed by atoms with van der Waals surface area (Å²) in [7, 11) is 3.59. The highest BCUT2D eigenvalue weighted by Crippen LogP contribution is 2.31. The standard InChI is InChI=1S/C31H35N3O4/c1-21-9-7-8-10-26(21)27-16-15-24(17-25(27)20-36-6)30-32-29(33-38-30)23-13-11-22(12-14-23)18-34(5)19-28(35)37-31(2,3)4/h7-17H,18-20H2,1-6H3. The number of carbonyl (C=O) groups excluding carboxylic acids is 1. The van der Waals surface area contributed by atoms with E-state index in [4.69, 9.17) is 14.0 Å². The SMILES string of the molecule is COCc1cc(-c2nc(-c3ccc(CN(C)CC(=O)OC(C)(C)C)cc3)no2)ccc1-c1ccccc1C. The molecule has 0 unspecified atom stereocenters. The van der Waals surface area contributed by atoms with Crippen molar-refractivity contribution in [3.05, 3.63) is 83.4 Å². The van der Waals surface area contributed by atoms with Crippen LogP contribution >= 0.6 is 0 Å². The number of ether oxygens (including phenoxy) is 2. The van der Waals surface area contributed by atoms with Crippen molar-refractivity contribution >= 4 is 5.97 Å². The molecule has 0 aliphatic rings. The second kappa shape index (κ2) is 11.7. The van der Waals surface area contributed by atoms with Crippen molar-refractivity contribution in [2.45, 2.75) is 46.4 Å². The summed E-state index contributed by atoms with van der Waals surface area (Å²) in [6.07, 6.45) is 0. The van der Waals surface area contributed by atoms with Crippen molar-refractivity contribution < 1.29 is 18.8 Å². The third kappa shape index (κ3) is 6.94. The van der Waals surface area contributed by atoms with E-state index in [1.165, 1.54) is 11.1 Å². The van der Waals surface area contributed by atoms with Crippen molar-refractivity contribution in [1.29, 1.82) is 0 Å². The molecule has 4 aromatic rings. The Morgan fingerprint density at radius 2 is 1.68 bits per heavy atom. The maximum absolute atomic E-state index is 12.1. The summed E-state index contributed by atoms with van der Waals surface area (Å²) in [6, 6.07) is 22.4. The van der Waals surface area contributed by atoms with Crippen LogP contribution in [0.1, 0.15) is 37.5 Å². The molecule has 0 saturated carbocycles. The lowest BCUT2D eigenvalue weighted by Crippen LogP contribution is -2.32. The second-order valence-corrected chi connectivity index (χ2v) is 10.5. The largest absolute Gasteiger partial charge is 0.459 e. The minimum Gasteiger partial charge on any atom is -0.459 e. The van der Waals surface area contributed by atoms with Crippen molar-refractivity contribution in [3.63, 3.8) is 0 Å². The van der Waals surface area contributed by atoms with Gasteiger partial charge in [-0.2, -0.15) is 4.98 Å². The van der Waals surface area contributed by atoms with Crippen LogP contribution < -0.4 is 0 Å². The summed E-state index contributed by atoms with van der Waals surface area (Å²) < 4.78 is 16.5. The van der Waals surface area contributed by atoms with Crippen LogP contribution in [0.5, 0.6) is 0 Å².